The van der Waals surface area contributed by atoms with Crippen molar-refractivity contribution in [1.82, 2.24) is 15.2 Å². The summed E-state index contributed by atoms with van der Waals surface area (Å²) in [7, 11) is 0. The first-order valence-electron chi connectivity index (χ1n) is 8.01. The minimum atomic E-state index is -0.154. The predicted molar refractivity (Wildman–Crippen MR) is 107 cm³/mol. The molecule has 4 aromatic rings. The Morgan fingerprint density at radius 2 is 1.85 bits per heavy atom. The lowest BCUT2D eigenvalue weighted by molar-refractivity contribution is 1.06. The van der Waals surface area contributed by atoms with Gasteiger partial charge in [-0.2, -0.15) is 5.10 Å². The van der Waals surface area contributed by atoms with Crippen LogP contribution in [-0.2, 0) is 6.54 Å². The molecule has 0 bridgehead atoms. The fourth-order valence-corrected chi connectivity index (χ4v) is 3.68. The summed E-state index contributed by atoms with van der Waals surface area (Å²) in [5.74, 6) is 0.714. The molecule has 0 radical (unpaired) electrons. The molecule has 0 aliphatic rings. The molecular formula is C19H15ClN4OS. The topological polar surface area (TPSA) is 73.6 Å². The van der Waals surface area contributed by atoms with Gasteiger partial charge in [-0.05, 0) is 23.8 Å². The van der Waals surface area contributed by atoms with Crippen LogP contribution in [0, 0.1) is 0 Å². The number of anilines is 1. The molecule has 7 heteroatoms. The monoisotopic (exact) mass is 382 g/mol. The largest absolute Gasteiger partial charge is 0.364 e. The minimum Gasteiger partial charge on any atom is -0.364 e. The number of nitrogens with one attached hydrogen (secondary N) is 3. The first kappa shape index (κ1) is 16.6. The highest BCUT2D eigenvalue weighted by Gasteiger charge is 2.08. The Hall–Kier alpha value is -2.83. The number of hydrogen-bond acceptors (Lipinski definition) is 4. The molecule has 5 nitrogen and oxygen atoms in total. The van der Waals surface area contributed by atoms with Gasteiger partial charge in [-0.3, -0.25) is 9.89 Å². The molecule has 0 atom stereocenters. The molecule has 0 spiro atoms. The zero-order valence-corrected chi connectivity index (χ0v) is 15.2. The van der Waals surface area contributed by atoms with Gasteiger partial charge in [0.25, 0.3) is 0 Å². The summed E-state index contributed by atoms with van der Waals surface area (Å²) in [5.41, 5.74) is 3.13. The predicted octanol–water partition coefficient (Wildman–Crippen LogP) is 4.76. The van der Waals surface area contributed by atoms with Crippen molar-refractivity contribution in [2.24, 2.45) is 0 Å². The van der Waals surface area contributed by atoms with Crippen LogP contribution >= 0.6 is 22.9 Å². The van der Waals surface area contributed by atoms with Crippen LogP contribution in [0.25, 0.3) is 22.5 Å². The van der Waals surface area contributed by atoms with Crippen molar-refractivity contribution >= 4 is 28.8 Å². The smallest absolute Gasteiger partial charge is 0.249 e. The quantitative estimate of drug-likeness (QED) is 0.466. The van der Waals surface area contributed by atoms with Crippen LogP contribution in [0.15, 0.2) is 65.5 Å². The van der Waals surface area contributed by atoms with Gasteiger partial charge >= 0.3 is 0 Å². The Balaban J connectivity index is 1.57. The Labute approximate surface area is 158 Å². The van der Waals surface area contributed by atoms with Crippen molar-refractivity contribution in [3.05, 3.63) is 80.2 Å². The first-order chi connectivity index (χ1) is 12.7. The van der Waals surface area contributed by atoms with E-state index in [9.17, 15) is 4.79 Å². The second-order valence-electron chi connectivity index (χ2n) is 5.74. The third-order valence-electron chi connectivity index (χ3n) is 3.89. The van der Waals surface area contributed by atoms with E-state index < -0.39 is 0 Å². The number of aromatic nitrogens is 3. The maximum Gasteiger partial charge on any atom is 0.249 e. The maximum atomic E-state index is 12.1. The van der Waals surface area contributed by atoms with Gasteiger partial charge in [0, 0.05) is 28.3 Å². The summed E-state index contributed by atoms with van der Waals surface area (Å²) in [6.45, 7) is 0.645. The summed E-state index contributed by atoms with van der Waals surface area (Å²) in [6, 6.07) is 19.0. The summed E-state index contributed by atoms with van der Waals surface area (Å²) in [5, 5.41) is 10.5. The van der Waals surface area contributed by atoms with Crippen LogP contribution in [0.2, 0.25) is 4.34 Å². The maximum absolute atomic E-state index is 12.1. The van der Waals surface area contributed by atoms with E-state index in [0.29, 0.717) is 12.4 Å². The van der Waals surface area contributed by atoms with Crippen LogP contribution < -0.4 is 10.9 Å². The van der Waals surface area contributed by atoms with E-state index in [4.69, 9.17) is 11.6 Å². The second-order valence-corrected chi connectivity index (χ2v) is 7.54. The number of halogens is 1. The third kappa shape index (κ3) is 3.71. The Kier molecular flexibility index (Phi) is 4.60. The van der Waals surface area contributed by atoms with E-state index in [2.05, 4.69) is 20.5 Å². The van der Waals surface area contributed by atoms with Crippen LogP contribution in [0.1, 0.15) is 4.88 Å². The Morgan fingerprint density at radius 1 is 1.00 bits per heavy atom. The van der Waals surface area contributed by atoms with Crippen molar-refractivity contribution in [1.29, 1.82) is 0 Å². The van der Waals surface area contributed by atoms with E-state index in [1.807, 2.05) is 54.6 Å². The molecule has 0 aliphatic carbocycles. The number of benzene rings is 1. The SMILES string of the molecule is O=c1cc(-c2cc(NCc3ccc(Cl)s3)n[nH]2)cc(-c2ccccc2)[nH]1. The molecule has 130 valence electrons. The summed E-state index contributed by atoms with van der Waals surface area (Å²) < 4.78 is 0.765. The van der Waals surface area contributed by atoms with Gasteiger partial charge in [-0.15, -0.1) is 11.3 Å². The zero-order chi connectivity index (χ0) is 17.9. The number of aromatic amines is 2. The van der Waals surface area contributed by atoms with E-state index >= 15 is 0 Å². The highest BCUT2D eigenvalue weighted by molar-refractivity contribution is 7.16. The highest BCUT2D eigenvalue weighted by atomic mass is 35.5. The van der Waals surface area contributed by atoms with Gasteiger partial charge in [-0.25, -0.2) is 0 Å². The van der Waals surface area contributed by atoms with Crippen molar-refractivity contribution < 1.29 is 0 Å². The fraction of sp³-hybridized carbons (Fsp3) is 0.0526. The molecular weight excluding hydrogens is 368 g/mol. The zero-order valence-electron chi connectivity index (χ0n) is 13.6. The number of thiophene rings is 1. The number of pyridine rings is 1. The lowest BCUT2D eigenvalue weighted by Gasteiger charge is -2.04. The van der Waals surface area contributed by atoms with Gasteiger partial charge in [0.05, 0.1) is 16.6 Å². The molecule has 3 heterocycles. The van der Waals surface area contributed by atoms with E-state index in [1.54, 1.807) is 6.07 Å². The molecule has 3 N–H and O–H groups in total. The molecule has 4 rings (SSSR count). The van der Waals surface area contributed by atoms with Crippen molar-refractivity contribution in [3.8, 4) is 22.5 Å². The van der Waals surface area contributed by atoms with Gasteiger partial charge in [-0.1, -0.05) is 41.9 Å². The van der Waals surface area contributed by atoms with E-state index in [1.165, 1.54) is 11.3 Å². The lowest BCUT2D eigenvalue weighted by Crippen LogP contribution is -2.05. The third-order valence-corrected chi connectivity index (χ3v) is 5.12. The first-order valence-corrected chi connectivity index (χ1v) is 9.20. The molecule has 0 unspecified atom stereocenters. The molecule has 0 amide bonds. The summed E-state index contributed by atoms with van der Waals surface area (Å²) in [4.78, 5) is 16.1. The average Bonchev–Trinajstić information content (AvgIpc) is 3.29. The number of hydrogen-bond donors (Lipinski definition) is 3. The molecule has 0 saturated heterocycles. The Morgan fingerprint density at radius 3 is 2.62 bits per heavy atom. The van der Waals surface area contributed by atoms with Crippen LogP contribution in [0.5, 0.6) is 0 Å². The molecule has 0 fully saturated rings. The van der Waals surface area contributed by atoms with Crippen molar-refractivity contribution in [2.75, 3.05) is 5.32 Å². The molecule has 0 aliphatic heterocycles. The number of nitrogens with zero attached hydrogens (tertiary/aromatic N) is 1. The molecule has 3 aromatic heterocycles. The normalized spacial score (nSPS) is 10.8. The number of H-pyrrole nitrogens is 2. The van der Waals surface area contributed by atoms with Crippen molar-refractivity contribution in [3.63, 3.8) is 0 Å². The molecule has 26 heavy (non-hydrogen) atoms. The standard InChI is InChI=1S/C19H15ClN4OS/c20-17-7-6-14(26-17)11-21-18-10-16(23-24-18)13-8-15(22-19(25)9-13)12-4-2-1-3-5-12/h1-10H,11H2,(H,22,25)(H2,21,23,24). The van der Waals surface area contributed by atoms with Gasteiger partial charge in [0.2, 0.25) is 5.56 Å². The summed E-state index contributed by atoms with van der Waals surface area (Å²) in [6.07, 6.45) is 0. The van der Waals surface area contributed by atoms with Crippen LogP contribution in [0.3, 0.4) is 0 Å². The second kappa shape index (κ2) is 7.19. The van der Waals surface area contributed by atoms with E-state index in [-0.39, 0.29) is 5.56 Å². The summed E-state index contributed by atoms with van der Waals surface area (Å²) >= 11 is 7.47. The van der Waals surface area contributed by atoms with Crippen LogP contribution in [0.4, 0.5) is 5.82 Å². The number of rotatable bonds is 5. The van der Waals surface area contributed by atoms with Crippen molar-refractivity contribution in [2.45, 2.75) is 6.54 Å². The minimum absolute atomic E-state index is 0.154. The molecule has 0 saturated carbocycles. The van der Waals surface area contributed by atoms with Crippen LogP contribution in [-0.4, -0.2) is 15.2 Å². The Bertz CT molecular complexity index is 1080. The van der Waals surface area contributed by atoms with Gasteiger partial charge < -0.3 is 10.3 Å². The average molecular weight is 383 g/mol. The van der Waals surface area contributed by atoms with Gasteiger partial charge in [0.15, 0.2) is 0 Å². The van der Waals surface area contributed by atoms with Gasteiger partial charge in [0.1, 0.15) is 5.82 Å². The van der Waals surface area contributed by atoms with E-state index in [0.717, 1.165) is 31.7 Å². The fourth-order valence-electron chi connectivity index (χ4n) is 2.66. The highest BCUT2D eigenvalue weighted by Crippen LogP contribution is 2.25. The lowest BCUT2D eigenvalue weighted by atomic mass is 10.1. The molecule has 1 aromatic carbocycles.